The van der Waals surface area contributed by atoms with Crippen molar-refractivity contribution in [3.8, 4) is 0 Å². The van der Waals surface area contributed by atoms with Gasteiger partial charge in [-0.3, -0.25) is 9.69 Å². The number of aromatic nitrogens is 2. The zero-order chi connectivity index (χ0) is 24.1. The second-order valence-corrected chi connectivity index (χ2v) is 9.26. The van der Waals surface area contributed by atoms with Gasteiger partial charge in [0.2, 0.25) is 5.91 Å². The average molecular weight is 466 g/mol. The minimum Gasteiger partial charge on any atom is -0.337 e. The van der Waals surface area contributed by atoms with Crippen LogP contribution in [0.4, 0.5) is 4.39 Å². The van der Waals surface area contributed by atoms with Gasteiger partial charge in [0.25, 0.3) is 0 Å². The van der Waals surface area contributed by atoms with Gasteiger partial charge in [0, 0.05) is 58.0 Å². The van der Waals surface area contributed by atoms with E-state index in [2.05, 4.69) is 20.5 Å². The van der Waals surface area contributed by atoms with E-state index in [4.69, 9.17) is 0 Å². The Morgan fingerprint density at radius 2 is 1.91 bits per heavy atom. The fourth-order valence-electron chi connectivity index (χ4n) is 5.16. The van der Waals surface area contributed by atoms with E-state index >= 15 is 4.39 Å². The predicted molar refractivity (Wildman–Crippen MR) is 133 cm³/mol. The fraction of sp³-hybridized carbons (Fsp3) is 0.481. The summed E-state index contributed by atoms with van der Waals surface area (Å²) in [5, 5.41) is 6.62. The molecule has 1 fully saturated rings. The lowest BCUT2D eigenvalue weighted by Gasteiger charge is -2.46. The Morgan fingerprint density at radius 1 is 1.21 bits per heavy atom. The summed E-state index contributed by atoms with van der Waals surface area (Å²) in [5.41, 5.74) is 0.725. The first kappa shape index (κ1) is 24.4. The molecule has 2 unspecified atom stereocenters. The minimum absolute atomic E-state index is 0.00635. The molecule has 2 aliphatic rings. The smallest absolute Gasteiger partial charge is 0.224 e. The van der Waals surface area contributed by atoms with Gasteiger partial charge in [-0.2, -0.15) is 0 Å². The lowest BCUT2D eigenvalue weighted by atomic mass is 9.83. The van der Waals surface area contributed by atoms with Gasteiger partial charge in [0.15, 0.2) is 0 Å². The molecule has 1 saturated heterocycles. The van der Waals surface area contributed by atoms with E-state index < -0.39 is 5.66 Å². The van der Waals surface area contributed by atoms with Crippen LogP contribution in [-0.4, -0.2) is 52.2 Å². The van der Waals surface area contributed by atoms with Crippen LogP contribution < -0.4 is 10.6 Å². The van der Waals surface area contributed by atoms with E-state index in [1.54, 1.807) is 12.3 Å². The first-order valence-corrected chi connectivity index (χ1v) is 12.4. The lowest BCUT2D eigenvalue weighted by Crippen LogP contribution is -2.64. The summed E-state index contributed by atoms with van der Waals surface area (Å²) in [6.45, 7) is 7.17. The number of hydrogen-bond donors (Lipinski definition) is 2. The molecule has 1 aromatic carbocycles. The number of aryl methyl sites for hydroxylation is 1. The van der Waals surface area contributed by atoms with Crippen molar-refractivity contribution in [2.75, 3.05) is 26.2 Å². The number of halogens is 1. The molecule has 4 rings (SSSR count). The van der Waals surface area contributed by atoms with Crippen LogP contribution in [0.3, 0.4) is 0 Å². The summed E-state index contributed by atoms with van der Waals surface area (Å²) in [6, 6.07) is 9.93. The van der Waals surface area contributed by atoms with Crippen LogP contribution in [-0.2, 0) is 11.8 Å². The first-order chi connectivity index (χ1) is 16.5. The Hall–Kier alpha value is -2.77. The van der Waals surface area contributed by atoms with Crippen LogP contribution in [0.25, 0.3) is 0 Å². The van der Waals surface area contributed by atoms with Crippen LogP contribution in [0.2, 0.25) is 0 Å². The fourth-order valence-corrected chi connectivity index (χ4v) is 5.16. The van der Waals surface area contributed by atoms with E-state index in [-0.39, 0.29) is 23.6 Å². The topological polar surface area (TPSA) is 62.2 Å². The van der Waals surface area contributed by atoms with Gasteiger partial charge in [0.1, 0.15) is 17.3 Å². The van der Waals surface area contributed by atoms with Crippen molar-refractivity contribution in [1.82, 2.24) is 25.1 Å². The number of nitrogens with one attached hydrogen (secondary N) is 2. The maximum atomic E-state index is 16.1. The number of nitrogens with zero attached hydrogens (tertiary/aromatic N) is 3. The number of hydrogen-bond acceptors (Lipinski definition) is 4. The zero-order valence-electron chi connectivity index (χ0n) is 20.4. The van der Waals surface area contributed by atoms with E-state index in [9.17, 15) is 4.79 Å². The molecule has 1 aliphatic carbocycles. The van der Waals surface area contributed by atoms with E-state index in [1.807, 2.05) is 68.1 Å². The number of carbonyl (C=O) groups excluding carboxylic acids is 1. The third kappa shape index (κ3) is 4.86. The van der Waals surface area contributed by atoms with Crippen molar-refractivity contribution in [3.63, 3.8) is 0 Å². The van der Waals surface area contributed by atoms with Gasteiger partial charge in [-0.1, -0.05) is 50.3 Å². The summed E-state index contributed by atoms with van der Waals surface area (Å²) < 4.78 is 18.1. The Bertz CT molecular complexity index is 1040. The summed E-state index contributed by atoms with van der Waals surface area (Å²) in [6.07, 6.45) is 9.29. The van der Waals surface area contributed by atoms with E-state index in [0.29, 0.717) is 12.0 Å². The summed E-state index contributed by atoms with van der Waals surface area (Å²) >= 11 is 0. The monoisotopic (exact) mass is 465 g/mol. The molecule has 2 aromatic rings. The molecule has 6 nitrogen and oxygen atoms in total. The highest BCUT2D eigenvalue weighted by Crippen LogP contribution is 2.40. The van der Waals surface area contributed by atoms with Gasteiger partial charge in [-0.25, -0.2) is 9.37 Å². The van der Waals surface area contributed by atoms with Gasteiger partial charge in [-0.05, 0) is 30.1 Å². The highest BCUT2D eigenvalue weighted by atomic mass is 19.1. The number of amides is 1. The van der Waals surface area contributed by atoms with Crippen molar-refractivity contribution >= 4 is 5.91 Å². The van der Waals surface area contributed by atoms with Crippen molar-refractivity contribution in [3.05, 3.63) is 77.7 Å². The maximum absolute atomic E-state index is 16.1. The highest BCUT2D eigenvalue weighted by Gasteiger charge is 2.41. The molecular weight excluding hydrogens is 429 g/mol. The van der Waals surface area contributed by atoms with Crippen molar-refractivity contribution in [1.29, 1.82) is 0 Å². The van der Waals surface area contributed by atoms with Gasteiger partial charge >= 0.3 is 0 Å². The van der Waals surface area contributed by atoms with Crippen LogP contribution in [0.5, 0.6) is 0 Å². The molecule has 2 heterocycles. The Labute approximate surface area is 201 Å². The number of carbonyl (C=O) groups is 1. The number of benzene rings is 1. The third-order valence-corrected chi connectivity index (χ3v) is 7.21. The number of piperazine rings is 1. The lowest BCUT2D eigenvalue weighted by molar-refractivity contribution is -0.129. The Kier molecular flexibility index (Phi) is 7.63. The molecule has 0 saturated carbocycles. The predicted octanol–water partition coefficient (Wildman–Crippen LogP) is 3.89. The average Bonchev–Trinajstić information content (AvgIpc) is 3.28. The summed E-state index contributed by atoms with van der Waals surface area (Å²) in [4.78, 5) is 19.9. The molecule has 0 spiro atoms. The standard InChI is InChI=1S/C27H36FN5O/c1-4-20(5-2)26(34)31-27(33-17-13-29-14-18-33)12-11-22(23(28)19-27)24(21-9-7-6-8-10-21)25-30-15-16-32(25)3/h6-11,15-16,19-20,24,29H,4-5,12-14,17-18H2,1-3H3,(H,31,34). The number of allylic oxidation sites excluding steroid dienone is 2. The molecule has 2 atom stereocenters. The molecule has 0 radical (unpaired) electrons. The quantitative estimate of drug-likeness (QED) is 0.621. The number of rotatable bonds is 8. The molecule has 0 bridgehead atoms. The molecule has 34 heavy (non-hydrogen) atoms. The van der Waals surface area contributed by atoms with Crippen LogP contribution in [0, 0.1) is 5.92 Å². The van der Waals surface area contributed by atoms with E-state index in [1.165, 1.54) is 0 Å². The second-order valence-electron chi connectivity index (χ2n) is 9.26. The Balaban J connectivity index is 1.72. The molecule has 7 heteroatoms. The molecule has 1 amide bonds. The third-order valence-electron chi connectivity index (χ3n) is 7.21. The Morgan fingerprint density at radius 3 is 2.50 bits per heavy atom. The van der Waals surface area contributed by atoms with Crippen LogP contribution in [0.15, 0.2) is 66.3 Å². The molecule has 1 aromatic heterocycles. The molecule has 182 valence electrons. The van der Waals surface area contributed by atoms with Crippen molar-refractivity contribution in [2.24, 2.45) is 13.0 Å². The SMILES string of the molecule is CCC(CC)C(=O)NC1(N2CCNCC2)C=C(F)C(C(c2ccccc2)c2nccn2C)=CC1. The molecule has 2 N–H and O–H groups in total. The van der Waals surface area contributed by atoms with Crippen LogP contribution >= 0.6 is 0 Å². The van der Waals surface area contributed by atoms with Gasteiger partial charge < -0.3 is 15.2 Å². The second kappa shape index (κ2) is 10.7. The van der Waals surface area contributed by atoms with Gasteiger partial charge in [-0.15, -0.1) is 0 Å². The number of imidazole rings is 1. The van der Waals surface area contributed by atoms with Crippen molar-refractivity contribution < 1.29 is 9.18 Å². The normalized spacial score (nSPS) is 22.3. The summed E-state index contributed by atoms with van der Waals surface area (Å²) in [5.74, 6) is 0.0795. The molecule has 1 aliphatic heterocycles. The minimum atomic E-state index is -0.863. The summed E-state index contributed by atoms with van der Waals surface area (Å²) in [7, 11) is 1.93. The van der Waals surface area contributed by atoms with Crippen LogP contribution in [0.1, 0.15) is 50.4 Å². The van der Waals surface area contributed by atoms with Crippen molar-refractivity contribution in [2.45, 2.75) is 44.7 Å². The van der Waals surface area contributed by atoms with E-state index in [0.717, 1.165) is 50.4 Å². The largest absolute Gasteiger partial charge is 0.337 e. The first-order valence-electron chi connectivity index (χ1n) is 12.4. The highest BCUT2D eigenvalue weighted by molar-refractivity contribution is 5.79. The zero-order valence-corrected chi connectivity index (χ0v) is 20.4. The maximum Gasteiger partial charge on any atom is 0.224 e. The molecular formula is C27H36FN5O. The van der Waals surface area contributed by atoms with Gasteiger partial charge in [0.05, 0.1) is 5.92 Å².